The highest BCUT2D eigenvalue weighted by atomic mass is 16.5. The third-order valence-electron chi connectivity index (χ3n) is 6.62. The zero-order valence-corrected chi connectivity index (χ0v) is 19.4. The third-order valence-corrected chi connectivity index (χ3v) is 6.62. The van der Waals surface area contributed by atoms with Gasteiger partial charge in [-0.25, -0.2) is 4.99 Å². The molecule has 0 aromatic heterocycles. The number of likely N-dealkylation sites (N-methyl/N-ethyl adjacent to an activating group) is 1. The molecule has 1 atom stereocenters. The first-order chi connectivity index (χ1) is 16.1. The zero-order chi connectivity index (χ0) is 22.9. The monoisotopic (exact) mass is 449 g/mol. The molecule has 3 aliphatic heterocycles. The van der Waals surface area contributed by atoms with Gasteiger partial charge < -0.3 is 35.1 Å². The van der Waals surface area contributed by atoms with E-state index in [2.05, 4.69) is 46.4 Å². The van der Waals surface area contributed by atoms with Gasteiger partial charge in [0.05, 0.1) is 32.1 Å². The fraction of sp³-hybridized carbons (Fsp3) is 0.400. The van der Waals surface area contributed by atoms with Crippen molar-refractivity contribution in [2.45, 2.75) is 12.5 Å². The summed E-state index contributed by atoms with van der Waals surface area (Å²) >= 11 is 0. The highest BCUT2D eigenvalue weighted by Gasteiger charge is 2.31. The Bertz CT molecular complexity index is 1090. The standard InChI is InChI=1S/C25H31N5O3/c1-29-9-11-30(12-10-29)17-6-4-16(5-7-17)23-19-8-13-33-21-15-18(31-2)14-20(32-3)22(21)24(19)28-25(26)27-23/h4-7,14-15,23H,8-13H2,1-3H3,(H3,26,27,28). The van der Waals surface area contributed by atoms with Crippen molar-refractivity contribution in [2.75, 3.05) is 59.0 Å². The van der Waals surface area contributed by atoms with E-state index in [0.29, 0.717) is 29.8 Å². The summed E-state index contributed by atoms with van der Waals surface area (Å²) in [4.78, 5) is 9.57. The Morgan fingerprint density at radius 1 is 1.06 bits per heavy atom. The van der Waals surface area contributed by atoms with E-state index in [1.54, 1.807) is 14.2 Å². The SMILES string of the molecule is COc1cc(OC)c2c(c1)OCCC1=C2NC(N)=NC1c1ccc(N2CCN(C)CC2)cc1. The molecule has 3 N–H and O–H groups in total. The van der Waals surface area contributed by atoms with Gasteiger partial charge in [-0.15, -0.1) is 0 Å². The van der Waals surface area contributed by atoms with Gasteiger partial charge in [0.25, 0.3) is 0 Å². The maximum atomic E-state index is 6.27. The molecule has 5 rings (SSSR count). The van der Waals surface area contributed by atoms with Crippen LogP contribution in [0.5, 0.6) is 17.2 Å². The second-order valence-corrected chi connectivity index (χ2v) is 8.63. The zero-order valence-electron chi connectivity index (χ0n) is 19.4. The topological polar surface area (TPSA) is 84.6 Å². The van der Waals surface area contributed by atoms with Gasteiger partial charge in [0.2, 0.25) is 0 Å². The first-order valence-corrected chi connectivity index (χ1v) is 11.3. The van der Waals surface area contributed by atoms with E-state index in [-0.39, 0.29) is 6.04 Å². The summed E-state index contributed by atoms with van der Waals surface area (Å²) in [6, 6.07) is 12.3. The number of guanidine groups is 1. The maximum absolute atomic E-state index is 6.27. The van der Waals surface area contributed by atoms with Crippen molar-refractivity contribution in [3.63, 3.8) is 0 Å². The molecule has 0 spiro atoms. The molecule has 1 fully saturated rings. The van der Waals surface area contributed by atoms with Crippen LogP contribution < -0.4 is 30.2 Å². The summed E-state index contributed by atoms with van der Waals surface area (Å²) in [7, 11) is 5.45. The number of nitrogens with one attached hydrogen (secondary N) is 1. The molecule has 8 nitrogen and oxygen atoms in total. The molecular weight excluding hydrogens is 418 g/mol. The molecule has 1 saturated heterocycles. The number of benzene rings is 2. The summed E-state index contributed by atoms with van der Waals surface area (Å²) in [5, 5.41) is 3.29. The Morgan fingerprint density at radius 3 is 2.52 bits per heavy atom. The number of hydrogen-bond donors (Lipinski definition) is 2. The van der Waals surface area contributed by atoms with Crippen molar-refractivity contribution in [1.29, 1.82) is 0 Å². The Hall–Kier alpha value is -3.39. The van der Waals surface area contributed by atoms with Gasteiger partial charge in [-0.2, -0.15) is 0 Å². The molecule has 8 heteroatoms. The average Bonchev–Trinajstić information content (AvgIpc) is 3.03. The quantitative estimate of drug-likeness (QED) is 0.742. The van der Waals surface area contributed by atoms with E-state index in [1.807, 2.05) is 12.1 Å². The fourth-order valence-corrected chi connectivity index (χ4v) is 4.76. The Balaban J connectivity index is 1.52. The lowest BCUT2D eigenvalue weighted by atomic mass is 9.91. The highest BCUT2D eigenvalue weighted by Crippen LogP contribution is 2.45. The lowest BCUT2D eigenvalue weighted by Gasteiger charge is -2.34. The molecule has 0 amide bonds. The summed E-state index contributed by atoms with van der Waals surface area (Å²) in [6.07, 6.45) is 0.726. The minimum absolute atomic E-state index is 0.177. The van der Waals surface area contributed by atoms with Gasteiger partial charge in [-0.05, 0) is 30.3 Å². The summed E-state index contributed by atoms with van der Waals surface area (Å²) in [5.74, 6) is 2.45. The first kappa shape index (κ1) is 21.5. The second-order valence-electron chi connectivity index (χ2n) is 8.63. The van der Waals surface area contributed by atoms with E-state index in [0.717, 1.165) is 55.0 Å². The van der Waals surface area contributed by atoms with E-state index >= 15 is 0 Å². The van der Waals surface area contributed by atoms with Crippen LogP contribution in [0.15, 0.2) is 47.0 Å². The molecule has 33 heavy (non-hydrogen) atoms. The molecule has 3 heterocycles. The number of nitrogens with two attached hydrogens (primary N) is 1. The van der Waals surface area contributed by atoms with Crippen LogP contribution in [0.25, 0.3) is 5.70 Å². The molecule has 2 aromatic carbocycles. The fourth-order valence-electron chi connectivity index (χ4n) is 4.76. The largest absolute Gasteiger partial charge is 0.496 e. The normalized spacial score (nSPS) is 20.6. The summed E-state index contributed by atoms with van der Waals surface area (Å²) in [6.45, 7) is 4.79. The Labute approximate surface area is 194 Å². The number of aliphatic imine (C=N–C) groups is 1. The van der Waals surface area contributed by atoms with Gasteiger partial charge in [-0.1, -0.05) is 12.1 Å². The van der Waals surface area contributed by atoms with E-state index < -0.39 is 0 Å². The van der Waals surface area contributed by atoms with Crippen molar-refractivity contribution < 1.29 is 14.2 Å². The number of rotatable bonds is 4. The van der Waals surface area contributed by atoms with Crippen LogP contribution in [-0.4, -0.2) is 64.9 Å². The minimum atomic E-state index is -0.177. The number of anilines is 1. The van der Waals surface area contributed by atoms with Gasteiger partial charge in [0.1, 0.15) is 23.3 Å². The molecule has 0 saturated carbocycles. The predicted octanol–water partition coefficient (Wildman–Crippen LogP) is 2.61. The van der Waals surface area contributed by atoms with Crippen molar-refractivity contribution in [3.8, 4) is 17.2 Å². The smallest absolute Gasteiger partial charge is 0.194 e. The average molecular weight is 450 g/mol. The minimum Gasteiger partial charge on any atom is -0.496 e. The van der Waals surface area contributed by atoms with E-state index in [9.17, 15) is 0 Å². The number of methoxy groups -OCH3 is 2. The molecular formula is C25H31N5O3. The number of hydrogen-bond acceptors (Lipinski definition) is 8. The van der Waals surface area contributed by atoms with Crippen LogP contribution in [0.3, 0.4) is 0 Å². The highest BCUT2D eigenvalue weighted by molar-refractivity contribution is 5.94. The van der Waals surface area contributed by atoms with Crippen LogP contribution in [0.4, 0.5) is 5.69 Å². The van der Waals surface area contributed by atoms with Crippen molar-refractivity contribution in [1.82, 2.24) is 10.2 Å². The van der Waals surface area contributed by atoms with Gasteiger partial charge in [-0.3, -0.25) is 0 Å². The number of ether oxygens (including phenoxy) is 3. The lowest BCUT2D eigenvalue weighted by Crippen LogP contribution is -2.44. The maximum Gasteiger partial charge on any atom is 0.194 e. The molecule has 174 valence electrons. The molecule has 1 unspecified atom stereocenters. The van der Waals surface area contributed by atoms with Crippen LogP contribution >= 0.6 is 0 Å². The van der Waals surface area contributed by atoms with E-state index in [1.165, 1.54) is 5.69 Å². The van der Waals surface area contributed by atoms with E-state index in [4.69, 9.17) is 24.9 Å². The molecule has 0 radical (unpaired) electrons. The second kappa shape index (κ2) is 8.86. The van der Waals surface area contributed by atoms with Gasteiger partial charge in [0, 0.05) is 50.4 Å². The Morgan fingerprint density at radius 2 is 1.82 bits per heavy atom. The third kappa shape index (κ3) is 4.06. The molecule has 3 aliphatic rings. The number of fused-ring (bicyclic) bond motifs is 2. The van der Waals surface area contributed by atoms with Gasteiger partial charge in [0.15, 0.2) is 5.96 Å². The summed E-state index contributed by atoms with van der Waals surface area (Å²) in [5.41, 5.74) is 11.5. The molecule has 0 aliphatic carbocycles. The number of nitrogens with zero attached hydrogens (tertiary/aromatic N) is 3. The summed E-state index contributed by atoms with van der Waals surface area (Å²) < 4.78 is 17.2. The first-order valence-electron chi connectivity index (χ1n) is 11.3. The van der Waals surface area contributed by atoms with Crippen molar-refractivity contribution in [2.24, 2.45) is 10.7 Å². The predicted molar refractivity (Wildman–Crippen MR) is 130 cm³/mol. The molecule has 2 aromatic rings. The number of piperazine rings is 1. The van der Waals surface area contributed by atoms with Crippen LogP contribution in [-0.2, 0) is 0 Å². The lowest BCUT2D eigenvalue weighted by molar-refractivity contribution is 0.313. The van der Waals surface area contributed by atoms with Crippen molar-refractivity contribution in [3.05, 3.63) is 53.1 Å². The van der Waals surface area contributed by atoms with Crippen molar-refractivity contribution >= 4 is 17.3 Å². The van der Waals surface area contributed by atoms with Crippen LogP contribution in [0.2, 0.25) is 0 Å². The van der Waals surface area contributed by atoms with Crippen LogP contribution in [0, 0.1) is 0 Å². The molecule has 0 bridgehead atoms. The Kier molecular flexibility index (Phi) is 5.76. The van der Waals surface area contributed by atoms with Gasteiger partial charge >= 0.3 is 0 Å². The van der Waals surface area contributed by atoms with Crippen LogP contribution in [0.1, 0.15) is 23.6 Å².